The fourth-order valence-corrected chi connectivity index (χ4v) is 1.44. The van der Waals surface area contributed by atoms with E-state index in [0.717, 1.165) is 6.07 Å². The van der Waals surface area contributed by atoms with Crippen molar-refractivity contribution in [3.8, 4) is 0 Å². The Kier molecular flexibility index (Phi) is 5.68. The first-order chi connectivity index (χ1) is 8.81. The van der Waals surface area contributed by atoms with Crippen molar-refractivity contribution < 1.29 is 31.8 Å². The molecule has 0 bridgehead atoms. The molecule has 0 spiro atoms. The maximum atomic E-state index is 13.2. The Morgan fingerprint density at radius 1 is 1.21 bits per heavy atom. The van der Waals surface area contributed by atoms with Crippen molar-refractivity contribution in [2.24, 2.45) is 0 Å². The summed E-state index contributed by atoms with van der Waals surface area (Å²) < 4.78 is 66.3. The number of benzene rings is 1. The number of aliphatic hydroxyl groups excluding tert-OH is 1. The molecule has 1 aromatic carbocycles. The molecular weight excluding hydrogens is 271 g/mol. The lowest BCUT2D eigenvalue weighted by Crippen LogP contribution is -2.13. The Morgan fingerprint density at radius 2 is 1.89 bits per heavy atom. The van der Waals surface area contributed by atoms with Crippen LogP contribution in [0.1, 0.15) is 24.5 Å². The molecule has 0 radical (unpaired) electrons. The number of ether oxygens (including phenoxy) is 1. The topological polar surface area (TPSA) is 29.5 Å². The van der Waals surface area contributed by atoms with Gasteiger partial charge in [0.05, 0.1) is 6.61 Å². The molecule has 1 N–H and O–H groups in total. The van der Waals surface area contributed by atoms with Gasteiger partial charge in [0, 0.05) is 18.6 Å². The van der Waals surface area contributed by atoms with Crippen LogP contribution < -0.4 is 0 Å². The van der Waals surface area contributed by atoms with Crippen molar-refractivity contribution in [2.45, 2.75) is 25.1 Å². The fourth-order valence-electron chi connectivity index (χ4n) is 1.44. The van der Waals surface area contributed by atoms with Gasteiger partial charge < -0.3 is 9.84 Å². The summed E-state index contributed by atoms with van der Waals surface area (Å²) in [5, 5.41) is 9.53. The van der Waals surface area contributed by atoms with Gasteiger partial charge >= 0.3 is 6.18 Å². The Morgan fingerprint density at radius 3 is 2.53 bits per heavy atom. The van der Waals surface area contributed by atoms with Crippen LogP contribution in [0.15, 0.2) is 18.2 Å². The molecule has 1 rings (SSSR count). The minimum absolute atomic E-state index is 0.215. The minimum Gasteiger partial charge on any atom is -0.386 e. The summed E-state index contributed by atoms with van der Waals surface area (Å²) in [6.07, 6.45) is -6.91. The van der Waals surface area contributed by atoms with Gasteiger partial charge in [-0.3, -0.25) is 0 Å². The van der Waals surface area contributed by atoms with Gasteiger partial charge in [-0.1, -0.05) is 12.1 Å². The third kappa shape index (κ3) is 5.52. The van der Waals surface area contributed by atoms with Crippen molar-refractivity contribution in [1.29, 1.82) is 0 Å². The zero-order chi connectivity index (χ0) is 14.5. The lowest BCUT2D eigenvalue weighted by molar-refractivity contribution is -0.138. The second-order valence-corrected chi connectivity index (χ2v) is 3.95. The van der Waals surface area contributed by atoms with Crippen molar-refractivity contribution >= 4 is 0 Å². The zero-order valence-electron chi connectivity index (χ0n) is 9.88. The van der Waals surface area contributed by atoms with Crippen LogP contribution in [0.5, 0.6) is 0 Å². The highest BCUT2D eigenvalue weighted by atomic mass is 19.4. The van der Waals surface area contributed by atoms with Crippen molar-refractivity contribution in [3.63, 3.8) is 0 Å². The van der Waals surface area contributed by atoms with E-state index in [-0.39, 0.29) is 18.6 Å². The van der Waals surface area contributed by atoms with Crippen LogP contribution in [0.2, 0.25) is 0 Å². The average Bonchev–Trinajstić information content (AvgIpc) is 2.30. The number of halogens is 5. The molecule has 0 aliphatic heterocycles. The first-order valence-corrected chi connectivity index (χ1v) is 5.57. The minimum atomic E-state index is -4.25. The van der Waals surface area contributed by atoms with E-state index in [1.165, 1.54) is 12.1 Å². The van der Waals surface area contributed by atoms with Crippen molar-refractivity contribution in [1.82, 2.24) is 0 Å². The zero-order valence-corrected chi connectivity index (χ0v) is 9.88. The van der Waals surface area contributed by atoms with Gasteiger partial charge in [-0.05, 0) is 12.5 Å². The molecule has 7 heteroatoms. The Labute approximate surface area is 106 Å². The van der Waals surface area contributed by atoms with Crippen LogP contribution in [0.4, 0.5) is 22.0 Å². The van der Waals surface area contributed by atoms with Crippen molar-refractivity contribution in [2.75, 3.05) is 13.2 Å². The normalized spacial score (nSPS) is 13.6. The molecule has 1 atom stereocenters. The summed E-state index contributed by atoms with van der Waals surface area (Å²) in [6, 6.07) is 3.30. The largest absolute Gasteiger partial charge is 0.389 e. The molecule has 1 aromatic rings. The highest BCUT2D eigenvalue weighted by Crippen LogP contribution is 2.22. The molecule has 1 unspecified atom stereocenters. The molecule has 0 aromatic heterocycles. The van der Waals surface area contributed by atoms with Gasteiger partial charge in [0.2, 0.25) is 0 Å². The summed E-state index contributed by atoms with van der Waals surface area (Å²) in [6.45, 7) is -0.605. The third-order valence-corrected chi connectivity index (χ3v) is 2.37. The summed E-state index contributed by atoms with van der Waals surface area (Å²) >= 11 is 0. The van der Waals surface area contributed by atoms with Crippen LogP contribution >= 0.6 is 0 Å². The Balaban J connectivity index is 2.35. The maximum absolute atomic E-state index is 13.2. The fraction of sp³-hybridized carbons (Fsp3) is 0.500. The third-order valence-electron chi connectivity index (χ3n) is 2.37. The predicted molar refractivity (Wildman–Crippen MR) is 57.4 cm³/mol. The van der Waals surface area contributed by atoms with E-state index in [4.69, 9.17) is 4.74 Å². The second-order valence-electron chi connectivity index (χ2n) is 3.95. The molecule has 0 heterocycles. The van der Waals surface area contributed by atoms with E-state index in [9.17, 15) is 27.1 Å². The van der Waals surface area contributed by atoms with E-state index < -0.39 is 36.9 Å². The van der Waals surface area contributed by atoms with Crippen LogP contribution in [0.25, 0.3) is 0 Å². The monoisotopic (exact) mass is 284 g/mol. The summed E-state index contributed by atoms with van der Waals surface area (Å²) in [7, 11) is 0. The van der Waals surface area contributed by atoms with Gasteiger partial charge in [-0.15, -0.1) is 0 Å². The lowest BCUT2D eigenvalue weighted by atomic mass is 10.1. The van der Waals surface area contributed by atoms with Crippen LogP contribution in [0, 0.1) is 11.6 Å². The van der Waals surface area contributed by atoms with Gasteiger partial charge in [0.25, 0.3) is 0 Å². The quantitative estimate of drug-likeness (QED) is 0.641. The number of hydrogen-bond donors (Lipinski definition) is 1. The van der Waals surface area contributed by atoms with E-state index in [1.54, 1.807) is 0 Å². The SMILES string of the molecule is OC(COCCCC(F)(F)F)c1cccc(F)c1F. The molecule has 0 aliphatic carbocycles. The molecule has 0 fully saturated rings. The van der Waals surface area contributed by atoms with E-state index in [2.05, 4.69) is 0 Å². The average molecular weight is 284 g/mol. The number of aliphatic hydroxyl groups is 1. The van der Waals surface area contributed by atoms with Gasteiger partial charge in [-0.2, -0.15) is 13.2 Å². The number of rotatable bonds is 6. The second kappa shape index (κ2) is 6.81. The summed E-state index contributed by atoms with van der Waals surface area (Å²) in [5.74, 6) is -2.29. The number of hydrogen-bond acceptors (Lipinski definition) is 2. The first-order valence-electron chi connectivity index (χ1n) is 5.57. The van der Waals surface area contributed by atoms with E-state index >= 15 is 0 Å². The van der Waals surface area contributed by atoms with Gasteiger partial charge in [0.1, 0.15) is 6.10 Å². The molecule has 0 aliphatic rings. The Hall–Kier alpha value is -1.21. The van der Waals surface area contributed by atoms with Crippen LogP contribution in [0.3, 0.4) is 0 Å². The molecular formula is C12H13F5O2. The molecule has 19 heavy (non-hydrogen) atoms. The predicted octanol–water partition coefficient (Wildman–Crippen LogP) is 3.36. The molecule has 0 amide bonds. The molecule has 2 nitrogen and oxygen atoms in total. The van der Waals surface area contributed by atoms with Gasteiger partial charge in [0.15, 0.2) is 11.6 Å². The summed E-state index contributed by atoms with van der Waals surface area (Å²) in [5.41, 5.74) is -0.282. The van der Waals surface area contributed by atoms with Gasteiger partial charge in [-0.25, -0.2) is 8.78 Å². The maximum Gasteiger partial charge on any atom is 0.389 e. The van der Waals surface area contributed by atoms with E-state index in [1.807, 2.05) is 0 Å². The smallest absolute Gasteiger partial charge is 0.386 e. The molecule has 0 saturated carbocycles. The van der Waals surface area contributed by atoms with Crippen molar-refractivity contribution in [3.05, 3.63) is 35.4 Å². The first kappa shape index (κ1) is 15.8. The molecule has 108 valence electrons. The van der Waals surface area contributed by atoms with E-state index in [0.29, 0.717) is 0 Å². The Bertz CT molecular complexity index is 406. The molecule has 0 saturated heterocycles. The standard InChI is InChI=1S/C12H13F5O2/c13-9-4-1-3-8(11(9)14)10(18)7-19-6-2-5-12(15,16)17/h1,3-4,10,18H,2,5-7H2. The number of alkyl halides is 3. The summed E-state index contributed by atoms with van der Waals surface area (Å²) in [4.78, 5) is 0. The highest BCUT2D eigenvalue weighted by Gasteiger charge is 2.26. The highest BCUT2D eigenvalue weighted by molar-refractivity contribution is 5.21. The van der Waals surface area contributed by atoms with Crippen LogP contribution in [-0.2, 0) is 4.74 Å². The van der Waals surface area contributed by atoms with Crippen LogP contribution in [-0.4, -0.2) is 24.5 Å². The lowest BCUT2D eigenvalue weighted by Gasteiger charge is -2.13.